The lowest BCUT2D eigenvalue weighted by atomic mass is 10.1. The molecule has 3 aromatic rings. The van der Waals surface area contributed by atoms with E-state index in [1.807, 2.05) is 50.2 Å². The second-order valence-electron chi connectivity index (χ2n) is 9.35. The number of carbonyl (C=O) groups excluding carboxylic acids is 2. The van der Waals surface area contributed by atoms with Crippen molar-refractivity contribution in [3.8, 4) is 0 Å². The number of carbonyl (C=O) groups is 2. The van der Waals surface area contributed by atoms with E-state index in [4.69, 9.17) is 9.15 Å². The normalized spacial score (nSPS) is 14.9. The first-order valence-electron chi connectivity index (χ1n) is 12.7. The largest absolute Gasteiger partial charge is 0.464 e. The third kappa shape index (κ3) is 7.43. The van der Waals surface area contributed by atoms with E-state index in [0.29, 0.717) is 18.9 Å². The van der Waals surface area contributed by atoms with Crippen LogP contribution in [0.1, 0.15) is 42.4 Å². The summed E-state index contributed by atoms with van der Waals surface area (Å²) in [6, 6.07) is 17.0. The zero-order valence-electron chi connectivity index (χ0n) is 21.4. The Morgan fingerprint density at radius 3 is 2.49 bits per heavy atom. The summed E-state index contributed by atoms with van der Waals surface area (Å²) in [6.45, 7) is 5.21. The fourth-order valence-electron chi connectivity index (χ4n) is 4.46. The number of amides is 3. The maximum Gasteiger partial charge on any atom is 0.322 e. The van der Waals surface area contributed by atoms with Gasteiger partial charge in [-0.15, -0.1) is 0 Å². The molecule has 0 saturated carbocycles. The molecule has 4 rings (SSSR count). The molecular formula is C29H34FN3O4. The zero-order valence-corrected chi connectivity index (χ0v) is 21.4. The molecule has 0 bridgehead atoms. The van der Waals surface area contributed by atoms with E-state index in [1.165, 1.54) is 17.0 Å². The molecule has 3 amide bonds. The molecule has 1 aliphatic rings. The number of halogens is 1. The topological polar surface area (TPSA) is 75.0 Å². The van der Waals surface area contributed by atoms with Crippen molar-refractivity contribution in [3.05, 3.63) is 89.1 Å². The molecule has 37 heavy (non-hydrogen) atoms. The number of urea groups is 1. The van der Waals surface area contributed by atoms with E-state index >= 15 is 0 Å². The average molecular weight is 508 g/mol. The number of hydrogen-bond acceptors (Lipinski definition) is 4. The summed E-state index contributed by atoms with van der Waals surface area (Å²) in [5.74, 6) is 0.809. The summed E-state index contributed by atoms with van der Waals surface area (Å²) in [4.78, 5) is 30.2. The molecule has 7 nitrogen and oxygen atoms in total. The Bertz CT molecular complexity index is 1190. The van der Waals surface area contributed by atoms with Gasteiger partial charge in [-0.05, 0) is 67.6 Å². The van der Waals surface area contributed by atoms with Crippen LogP contribution in [0.2, 0.25) is 0 Å². The number of rotatable bonds is 10. The number of aryl methyl sites for hydroxylation is 2. The van der Waals surface area contributed by atoms with E-state index in [-0.39, 0.29) is 43.5 Å². The van der Waals surface area contributed by atoms with Crippen LogP contribution in [0.15, 0.2) is 65.1 Å². The van der Waals surface area contributed by atoms with Crippen molar-refractivity contribution >= 4 is 17.6 Å². The van der Waals surface area contributed by atoms with Gasteiger partial charge in [0, 0.05) is 25.4 Å². The molecule has 0 aliphatic carbocycles. The Hall–Kier alpha value is -3.65. The van der Waals surface area contributed by atoms with Gasteiger partial charge in [-0.2, -0.15) is 0 Å². The molecule has 1 fully saturated rings. The van der Waals surface area contributed by atoms with E-state index < -0.39 is 0 Å². The number of nitrogens with one attached hydrogen (secondary N) is 1. The highest BCUT2D eigenvalue weighted by molar-refractivity contribution is 5.93. The van der Waals surface area contributed by atoms with Crippen LogP contribution in [0, 0.1) is 12.7 Å². The number of hydrogen-bond donors (Lipinski definition) is 1. The smallest absolute Gasteiger partial charge is 0.322 e. The van der Waals surface area contributed by atoms with E-state index in [2.05, 4.69) is 5.32 Å². The maximum absolute atomic E-state index is 13.6. The lowest BCUT2D eigenvalue weighted by Crippen LogP contribution is -2.47. The van der Waals surface area contributed by atoms with Gasteiger partial charge >= 0.3 is 6.03 Å². The molecule has 1 aromatic heterocycles. The summed E-state index contributed by atoms with van der Waals surface area (Å²) in [5.41, 5.74) is 2.53. The van der Waals surface area contributed by atoms with E-state index in [9.17, 15) is 14.0 Å². The summed E-state index contributed by atoms with van der Waals surface area (Å²) in [7, 11) is 0. The number of ether oxygens (including phenoxy) is 1. The third-order valence-electron chi connectivity index (χ3n) is 6.48. The maximum atomic E-state index is 13.6. The lowest BCUT2D eigenvalue weighted by molar-refractivity contribution is -0.133. The average Bonchev–Trinajstić information content (AvgIpc) is 3.56. The third-order valence-corrected chi connectivity index (χ3v) is 6.48. The van der Waals surface area contributed by atoms with Gasteiger partial charge in [-0.25, -0.2) is 9.18 Å². The zero-order chi connectivity index (χ0) is 26.2. The first kappa shape index (κ1) is 26.4. The fourth-order valence-corrected chi connectivity index (χ4v) is 4.46. The molecular weight excluding hydrogens is 473 g/mol. The minimum absolute atomic E-state index is 0.113. The molecule has 1 aliphatic heterocycles. The molecule has 196 valence electrons. The second kappa shape index (κ2) is 12.5. The van der Waals surface area contributed by atoms with Crippen LogP contribution < -0.4 is 5.32 Å². The Kier molecular flexibility index (Phi) is 8.95. The lowest BCUT2D eigenvalue weighted by Gasteiger charge is -2.29. The van der Waals surface area contributed by atoms with Crippen molar-refractivity contribution in [1.82, 2.24) is 9.80 Å². The van der Waals surface area contributed by atoms with Crippen molar-refractivity contribution in [2.24, 2.45) is 0 Å². The first-order valence-corrected chi connectivity index (χ1v) is 12.7. The quantitative estimate of drug-likeness (QED) is 0.392. The number of furan rings is 1. The Morgan fingerprint density at radius 2 is 1.81 bits per heavy atom. The molecule has 1 N–H and O–H groups in total. The minimum atomic E-state index is -0.347. The highest BCUT2D eigenvalue weighted by Crippen LogP contribution is 2.19. The molecule has 0 spiro atoms. The van der Waals surface area contributed by atoms with Crippen LogP contribution in [0.5, 0.6) is 0 Å². The van der Waals surface area contributed by atoms with Crippen molar-refractivity contribution in [1.29, 1.82) is 0 Å². The van der Waals surface area contributed by atoms with E-state index in [0.717, 1.165) is 41.8 Å². The van der Waals surface area contributed by atoms with Gasteiger partial charge in [0.05, 0.1) is 12.6 Å². The second-order valence-corrected chi connectivity index (χ2v) is 9.35. The van der Waals surface area contributed by atoms with Crippen LogP contribution in [-0.4, -0.2) is 47.5 Å². The predicted molar refractivity (Wildman–Crippen MR) is 139 cm³/mol. The van der Waals surface area contributed by atoms with Gasteiger partial charge in [-0.1, -0.05) is 37.3 Å². The molecule has 1 unspecified atom stereocenters. The number of para-hydroxylation sites is 1. The van der Waals surface area contributed by atoms with Gasteiger partial charge in [-0.3, -0.25) is 4.79 Å². The number of benzene rings is 2. The Balaban J connectivity index is 1.53. The van der Waals surface area contributed by atoms with Crippen LogP contribution in [0.3, 0.4) is 0 Å². The van der Waals surface area contributed by atoms with Gasteiger partial charge in [0.2, 0.25) is 5.91 Å². The molecule has 1 atom stereocenters. The summed E-state index contributed by atoms with van der Waals surface area (Å²) < 4.78 is 25.0. The monoisotopic (exact) mass is 507 g/mol. The molecule has 2 aromatic carbocycles. The summed E-state index contributed by atoms with van der Waals surface area (Å²) in [6.07, 6.45) is 2.43. The summed E-state index contributed by atoms with van der Waals surface area (Å²) >= 11 is 0. The van der Waals surface area contributed by atoms with Gasteiger partial charge in [0.25, 0.3) is 0 Å². The van der Waals surface area contributed by atoms with Crippen molar-refractivity contribution in [2.45, 2.75) is 52.3 Å². The van der Waals surface area contributed by atoms with Crippen molar-refractivity contribution in [2.75, 3.05) is 25.0 Å². The van der Waals surface area contributed by atoms with Crippen LogP contribution in [0.4, 0.5) is 14.9 Å². The van der Waals surface area contributed by atoms with Crippen LogP contribution in [0.25, 0.3) is 0 Å². The molecule has 2 heterocycles. The number of anilines is 1. The first-order chi connectivity index (χ1) is 17.9. The Labute approximate surface area is 217 Å². The number of nitrogens with zero attached hydrogens (tertiary/aromatic N) is 2. The molecule has 1 saturated heterocycles. The van der Waals surface area contributed by atoms with Crippen LogP contribution >= 0.6 is 0 Å². The predicted octanol–water partition coefficient (Wildman–Crippen LogP) is 5.53. The van der Waals surface area contributed by atoms with E-state index in [1.54, 1.807) is 17.0 Å². The molecule has 8 heteroatoms. The SMILES string of the molecule is CCc1ccccc1NC(=O)N(CC(=O)N(Cc1ccc(F)cc1)Cc1ccc(C)o1)CC1CCCO1. The highest BCUT2D eigenvalue weighted by Gasteiger charge is 2.27. The molecule has 0 radical (unpaired) electrons. The summed E-state index contributed by atoms with van der Waals surface area (Å²) in [5, 5.41) is 2.99. The fraction of sp³-hybridized carbons (Fsp3) is 0.379. The van der Waals surface area contributed by atoms with Crippen molar-refractivity contribution < 1.29 is 23.1 Å². The van der Waals surface area contributed by atoms with Crippen molar-refractivity contribution in [3.63, 3.8) is 0 Å². The minimum Gasteiger partial charge on any atom is -0.464 e. The standard InChI is InChI=1S/C29H34FN3O4/c1-3-23-7-4-5-9-27(23)31-29(35)33(18-25-8-6-16-36-25)20-28(34)32(19-26-15-10-21(2)37-26)17-22-11-13-24(30)14-12-22/h4-5,7,9-15,25H,3,6,8,16-20H2,1-2H3,(H,31,35). The van der Waals surface area contributed by atoms with Gasteiger partial charge in [0.1, 0.15) is 23.9 Å². The highest BCUT2D eigenvalue weighted by atomic mass is 19.1. The van der Waals surface area contributed by atoms with Gasteiger partial charge < -0.3 is 24.3 Å². The van der Waals surface area contributed by atoms with Gasteiger partial charge in [0.15, 0.2) is 0 Å². The Morgan fingerprint density at radius 1 is 1.03 bits per heavy atom. The van der Waals surface area contributed by atoms with Crippen LogP contribution in [-0.2, 0) is 29.0 Å².